The van der Waals surface area contributed by atoms with Crippen LogP contribution in [0.25, 0.3) is 0 Å². The van der Waals surface area contributed by atoms with Gasteiger partial charge in [-0.1, -0.05) is 86.6 Å². The molecule has 3 aromatic carbocycles. The summed E-state index contributed by atoms with van der Waals surface area (Å²) in [6.07, 6.45) is 2.07. The van der Waals surface area contributed by atoms with E-state index in [9.17, 15) is 9.36 Å². The minimum absolute atomic E-state index is 0.0576. The van der Waals surface area contributed by atoms with E-state index in [1.54, 1.807) is 0 Å². The Kier molecular flexibility index (Phi) is 6.08. The second-order valence-corrected chi connectivity index (χ2v) is 9.39. The lowest BCUT2D eigenvalue weighted by molar-refractivity contribution is 0.0983. The Hall–Kier alpha value is -2.44. The molecule has 0 saturated heterocycles. The highest BCUT2D eigenvalue weighted by molar-refractivity contribution is 7.85. The van der Waals surface area contributed by atoms with Crippen LogP contribution in [0, 0.1) is 0 Å². The van der Waals surface area contributed by atoms with Gasteiger partial charge in [0, 0.05) is 27.9 Å². The SMILES string of the molecule is CCCC(=O)c1ccc(CC)cc1P(=O)(c1ccccc1)c1ccccc1. The van der Waals surface area contributed by atoms with Crippen LogP contribution in [-0.2, 0) is 11.0 Å². The summed E-state index contributed by atoms with van der Waals surface area (Å²) < 4.78 is 14.7. The average molecular weight is 376 g/mol. The van der Waals surface area contributed by atoms with Gasteiger partial charge in [-0.25, -0.2) is 0 Å². The van der Waals surface area contributed by atoms with E-state index in [-0.39, 0.29) is 5.78 Å². The molecule has 0 heterocycles. The molecule has 0 unspecified atom stereocenters. The van der Waals surface area contributed by atoms with Crippen molar-refractivity contribution in [2.24, 2.45) is 0 Å². The summed E-state index contributed by atoms with van der Waals surface area (Å²) in [6.45, 7) is 4.06. The Bertz CT molecular complexity index is 919. The molecule has 0 spiro atoms. The third-order valence-corrected chi connectivity index (χ3v) is 7.93. The maximum Gasteiger partial charge on any atom is 0.171 e. The van der Waals surface area contributed by atoms with Crippen LogP contribution in [0.4, 0.5) is 0 Å². The number of Topliss-reactive ketones (excluding diaryl/α,β-unsaturated/α-hetero) is 1. The van der Waals surface area contributed by atoms with Gasteiger partial charge in [0.15, 0.2) is 12.9 Å². The summed E-state index contributed by atoms with van der Waals surface area (Å²) >= 11 is 0. The van der Waals surface area contributed by atoms with E-state index >= 15 is 0 Å². The molecule has 0 aliphatic heterocycles. The Balaban J connectivity index is 2.34. The van der Waals surface area contributed by atoms with Crippen LogP contribution < -0.4 is 15.9 Å². The fourth-order valence-electron chi connectivity index (χ4n) is 3.36. The molecule has 3 aromatic rings. The Morgan fingerprint density at radius 3 is 1.85 bits per heavy atom. The molecule has 0 saturated carbocycles. The number of ketones is 1. The van der Waals surface area contributed by atoms with Gasteiger partial charge < -0.3 is 4.57 Å². The van der Waals surface area contributed by atoms with Gasteiger partial charge in [-0.2, -0.15) is 0 Å². The highest BCUT2D eigenvalue weighted by Crippen LogP contribution is 2.43. The fourth-order valence-corrected chi connectivity index (χ4v) is 6.28. The van der Waals surface area contributed by atoms with Crippen LogP contribution >= 0.6 is 7.14 Å². The molecule has 0 atom stereocenters. The third-order valence-electron chi connectivity index (χ3n) is 4.83. The smallest absolute Gasteiger partial charge is 0.171 e. The second kappa shape index (κ2) is 8.50. The first-order valence-corrected chi connectivity index (χ1v) is 11.2. The molecule has 138 valence electrons. The minimum Gasteiger partial charge on any atom is -0.309 e. The predicted molar refractivity (Wildman–Crippen MR) is 114 cm³/mol. The van der Waals surface area contributed by atoms with Crippen LogP contribution in [0.1, 0.15) is 42.6 Å². The standard InChI is InChI=1S/C24H25O2P/c1-3-11-23(25)22-17-16-19(4-2)18-24(22)27(26,20-12-7-5-8-13-20)21-14-9-6-10-15-21/h5-10,12-18H,3-4,11H2,1-2H3. The van der Waals surface area contributed by atoms with Crippen molar-refractivity contribution in [3.63, 3.8) is 0 Å². The topological polar surface area (TPSA) is 34.1 Å². The molecule has 0 amide bonds. The van der Waals surface area contributed by atoms with Gasteiger partial charge in [0.05, 0.1) is 0 Å². The first-order valence-electron chi connectivity index (χ1n) is 9.49. The summed E-state index contributed by atoms with van der Waals surface area (Å²) in [5.41, 5.74) is 1.68. The zero-order chi connectivity index (χ0) is 19.3. The minimum atomic E-state index is -3.15. The van der Waals surface area contributed by atoms with Crippen LogP contribution in [0.15, 0.2) is 78.9 Å². The highest BCUT2D eigenvalue weighted by atomic mass is 31.2. The number of benzene rings is 3. The van der Waals surface area contributed by atoms with Crippen molar-refractivity contribution in [1.82, 2.24) is 0 Å². The number of carbonyl (C=O) groups excluding carboxylic acids is 1. The van der Waals surface area contributed by atoms with Crippen molar-refractivity contribution in [3.8, 4) is 0 Å². The zero-order valence-corrected chi connectivity index (χ0v) is 16.8. The number of hydrogen-bond donors (Lipinski definition) is 0. The average Bonchev–Trinajstić information content (AvgIpc) is 2.74. The van der Waals surface area contributed by atoms with Gasteiger partial charge in [0.25, 0.3) is 0 Å². The van der Waals surface area contributed by atoms with E-state index in [1.165, 1.54) is 0 Å². The van der Waals surface area contributed by atoms with Crippen LogP contribution in [0.2, 0.25) is 0 Å². The maximum absolute atomic E-state index is 14.7. The van der Waals surface area contributed by atoms with Gasteiger partial charge in [-0.3, -0.25) is 4.79 Å². The number of aryl methyl sites for hydroxylation is 1. The Morgan fingerprint density at radius 1 is 0.815 bits per heavy atom. The molecule has 3 heteroatoms. The van der Waals surface area contributed by atoms with Crippen LogP contribution in [0.3, 0.4) is 0 Å². The molecule has 0 aliphatic carbocycles. The second-order valence-electron chi connectivity index (χ2n) is 6.66. The van der Waals surface area contributed by atoms with Crippen molar-refractivity contribution in [2.75, 3.05) is 0 Å². The lowest BCUT2D eigenvalue weighted by atomic mass is 10.0. The van der Waals surface area contributed by atoms with Crippen molar-refractivity contribution in [2.45, 2.75) is 33.1 Å². The Morgan fingerprint density at radius 2 is 1.37 bits per heavy atom. The van der Waals surface area contributed by atoms with E-state index in [0.29, 0.717) is 17.3 Å². The predicted octanol–water partition coefficient (Wildman–Crippen LogP) is 4.87. The van der Waals surface area contributed by atoms with Gasteiger partial charge in [-0.05, 0) is 24.5 Å². The molecular formula is C24H25O2P. The molecule has 2 nitrogen and oxygen atoms in total. The lowest BCUT2D eigenvalue weighted by Crippen LogP contribution is -2.29. The third kappa shape index (κ3) is 3.82. The Labute approximate surface area is 161 Å². The molecule has 0 aromatic heterocycles. The van der Waals surface area contributed by atoms with E-state index in [0.717, 1.165) is 29.0 Å². The van der Waals surface area contributed by atoms with E-state index < -0.39 is 7.14 Å². The van der Waals surface area contributed by atoms with Crippen molar-refractivity contribution in [3.05, 3.63) is 90.0 Å². The monoisotopic (exact) mass is 376 g/mol. The van der Waals surface area contributed by atoms with Gasteiger partial charge in [0.1, 0.15) is 0 Å². The molecule has 0 bridgehead atoms. The summed E-state index contributed by atoms with van der Waals surface area (Å²) in [5.74, 6) is 0.0576. The number of carbonyl (C=O) groups is 1. The van der Waals surface area contributed by atoms with E-state index in [1.807, 2.05) is 85.8 Å². The van der Waals surface area contributed by atoms with Crippen molar-refractivity contribution in [1.29, 1.82) is 0 Å². The van der Waals surface area contributed by atoms with Crippen molar-refractivity contribution >= 4 is 28.8 Å². The van der Waals surface area contributed by atoms with Gasteiger partial charge in [-0.15, -0.1) is 0 Å². The largest absolute Gasteiger partial charge is 0.309 e. The summed E-state index contributed by atoms with van der Waals surface area (Å²) in [6, 6.07) is 24.9. The van der Waals surface area contributed by atoms with E-state index in [4.69, 9.17) is 0 Å². The molecule has 3 rings (SSSR count). The number of rotatable bonds is 7. The van der Waals surface area contributed by atoms with E-state index in [2.05, 4.69) is 6.92 Å². The first kappa shape index (κ1) is 19.3. The highest BCUT2D eigenvalue weighted by Gasteiger charge is 2.33. The molecule has 27 heavy (non-hydrogen) atoms. The van der Waals surface area contributed by atoms with Crippen LogP contribution in [-0.4, -0.2) is 5.78 Å². The maximum atomic E-state index is 14.7. The molecule has 0 aliphatic rings. The quantitative estimate of drug-likeness (QED) is 0.435. The molecular weight excluding hydrogens is 351 g/mol. The summed E-state index contributed by atoms with van der Waals surface area (Å²) in [4.78, 5) is 12.9. The summed E-state index contributed by atoms with van der Waals surface area (Å²) in [7, 11) is -3.15. The van der Waals surface area contributed by atoms with Gasteiger partial charge >= 0.3 is 0 Å². The summed E-state index contributed by atoms with van der Waals surface area (Å²) in [5, 5.41) is 2.18. The molecule has 0 radical (unpaired) electrons. The molecule has 0 fully saturated rings. The van der Waals surface area contributed by atoms with Crippen LogP contribution in [0.5, 0.6) is 0 Å². The molecule has 0 N–H and O–H groups in total. The lowest BCUT2D eigenvalue weighted by Gasteiger charge is -2.23. The number of hydrogen-bond acceptors (Lipinski definition) is 2. The van der Waals surface area contributed by atoms with Crippen molar-refractivity contribution < 1.29 is 9.36 Å². The first-order chi connectivity index (χ1) is 13.1. The zero-order valence-electron chi connectivity index (χ0n) is 15.9. The fraction of sp³-hybridized carbons (Fsp3) is 0.208. The normalized spacial score (nSPS) is 11.3. The van der Waals surface area contributed by atoms with Gasteiger partial charge in [0.2, 0.25) is 0 Å².